The van der Waals surface area contributed by atoms with Crippen LogP contribution in [-0.4, -0.2) is 23.6 Å². The van der Waals surface area contributed by atoms with E-state index in [9.17, 15) is 9.18 Å². The third-order valence-corrected chi connectivity index (χ3v) is 4.34. The van der Waals surface area contributed by atoms with Crippen LogP contribution in [0.1, 0.15) is 11.4 Å². The van der Waals surface area contributed by atoms with Gasteiger partial charge in [-0.2, -0.15) is 0 Å². The van der Waals surface area contributed by atoms with Crippen molar-refractivity contribution in [3.8, 4) is 5.75 Å². The molecular formula is C18H16FN3O2. The quantitative estimate of drug-likeness (QED) is 0.804. The average Bonchev–Trinajstić information content (AvgIpc) is 2.99. The smallest absolute Gasteiger partial charge is 0.258 e. The summed E-state index contributed by atoms with van der Waals surface area (Å²) in [5, 5.41) is 0.478. The number of rotatable bonds is 3. The maximum absolute atomic E-state index is 14.1. The molecule has 1 N–H and O–H groups in total. The Morgan fingerprint density at radius 2 is 2.21 bits per heavy atom. The van der Waals surface area contributed by atoms with Gasteiger partial charge in [0.05, 0.1) is 30.2 Å². The molecule has 5 nitrogen and oxygen atoms in total. The largest absolute Gasteiger partial charge is 0.497 e. The second kappa shape index (κ2) is 5.63. The molecule has 0 amide bonds. The Hall–Kier alpha value is -2.89. The van der Waals surface area contributed by atoms with E-state index in [0.29, 0.717) is 41.3 Å². The lowest BCUT2D eigenvalue weighted by Gasteiger charge is -2.19. The van der Waals surface area contributed by atoms with E-state index >= 15 is 0 Å². The Kier molecular flexibility index (Phi) is 3.45. The number of aromatic amines is 1. The highest BCUT2D eigenvalue weighted by Gasteiger charge is 2.23. The standard InChI is InChI=1S/C18H16FN3O2/c1-24-12-5-6-15-13(9-12)18(23)21-16(20-15)10-22-8-7-11-3-2-4-14(19)17(11)22/h2-6,9H,7-8,10H2,1H3,(H,20,21,23). The summed E-state index contributed by atoms with van der Waals surface area (Å²) in [5.74, 6) is 0.893. The van der Waals surface area contributed by atoms with Gasteiger partial charge in [-0.1, -0.05) is 12.1 Å². The van der Waals surface area contributed by atoms with Gasteiger partial charge < -0.3 is 14.6 Å². The molecule has 6 heteroatoms. The molecule has 2 aromatic carbocycles. The first-order chi connectivity index (χ1) is 11.7. The highest BCUT2D eigenvalue weighted by molar-refractivity contribution is 5.79. The number of para-hydroxylation sites is 1. The normalized spacial score (nSPS) is 13.3. The minimum atomic E-state index is -0.238. The van der Waals surface area contributed by atoms with Crippen molar-refractivity contribution < 1.29 is 9.13 Å². The van der Waals surface area contributed by atoms with Crippen molar-refractivity contribution in [2.75, 3.05) is 18.6 Å². The number of ether oxygens (including phenoxy) is 1. The molecule has 24 heavy (non-hydrogen) atoms. The fraction of sp³-hybridized carbons (Fsp3) is 0.222. The van der Waals surface area contributed by atoms with Gasteiger partial charge in [-0.05, 0) is 36.2 Å². The van der Waals surface area contributed by atoms with E-state index in [1.165, 1.54) is 6.07 Å². The number of nitrogens with one attached hydrogen (secondary N) is 1. The van der Waals surface area contributed by atoms with Crippen LogP contribution in [0.4, 0.5) is 10.1 Å². The summed E-state index contributed by atoms with van der Waals surface area (Å²) in [6.07, 6.45) is 0.794. The Balaban J connectivity index is 1.71. The molecule has 122 valence electrons. The first kappa shape index (κ1) is 14.7. The molecule has 3 aromatic rings. The average molecular weight is 325 g/mol. The monoisotopic (exact) mass is 325 g/mol. The van der Waals surface area contributed by atoms with Crippen LogP contribution in [0.3, 0.4) is 0 Å². The van der Waals surface area contributed by atoms with E-state index in [4.69, 9.17) is 4.74 Å². The van der Waals surface area contributed by atoms with Gasteiger partial charge in [0.1, 0.15) is 17.4 Å². The predicted molar refractivity (Wildman–Crippen MR) is 90.1 cm³/mol. The van der Waals surface area contributed by atoms with E-state index in [1.807, 2.05) is 11.0 Å². The van der Waals surface area contributed by atoms with Crippen LogP contribution in [0, 0.1) is 5.82 Å². The van der Waals surface area contributed by atoms with Crippen LogP contribution in [0.5, 0.6) is 5.75 Å². The van der Waals surface area contributed by atoms with Crippen molar-refractivity contribution in [2.45, 2.75) is 13.0 Å². The van der Waals surface area contributed by atoms with Gasteiger partial charge in [0.15, 0.2) is 0 Å². The molecule has 2 heterocycles. The van der Waals surface area contributed by atoms with Gasteiger partial charge in [-0.25, -0.2) is 9.37 Å². The summed E-state index contributed by atoms with van der Waals surface area (Å²) in [6.45, 7) is 1.08. The second-order valence-electron chi connectivity index (χ2n) is 5.81. The number of anilines is 1. The van der Waals surface area contributed by atoms with E-state index in [2.05, 4.69) is 9.97 Å². The third-order valence-electron chi connectivity index (χ3n) is 4.34. The number of fused-ring (bicyclic) bond motifs is 2. The molecule has 0 saturated carbocycles. The van der Waals surface area contributed by atoms with Gasteiger partial charge in [0.25, 0.3) is 5.56 Å². The van der Waals surface area contributed by atoms with Crippen LogP contribution < -0.4 is 15.2 Å². The Labute approximate surface area is 137 Å². The summed E-state index contributed by atoms with van der Waals surface area (Å²) in [7, 11) is 1.55. The van der Waals surface area contributed by atoms with Gasteiger partial charge in [0, 0.05) is 6.54 Å². The van der Waals surface area contributed by atoms with E-state index in [0.717, 1.165) is 12.0 Å². The molecule has 0 saturated heterocycles. The number of H-pyrrole nitrogens is 1. The van der Waals surface area contributed by atoms with Crippen LogP contribution in [0.25, 0.3) is 10.9 Å². The molecule has 1 aliphatic rings. The number of benzene rings is 2. The van der Waals surface area contributed by atoms with Crippen molar-refractivity contribution >= 4 is 16.6 Å². The predicted octanol–water partition coefficient (Wildman–Crippen LogP) is 2.63. The fourth-order valence-corrected chi connectivity index (χ4v) is 3.19. The van der Waals surface area contributed by atoms with Crippen molar-refractivity contribution in [1.82, 2.24) is 9.97 Å². The van der Waals surface area contributed by atoms with Crippen LogP contribution in [0.15, 0.2) is 41.2 Å². The van der Waals surface area contributed by atoms with E-state index in [1.54, 1.807) is 31.4 Å². The molecule has 0 spiro atoms. The Bertz CT molecular complexity index is 984. The molecular weight excluding hydrogens is 309 g/mol. The highest BCUT2D eigenvalue weighted by Crippen LogP contribution is 2.31. The Morgan fingerprint density at radius 3 is 3.04 bits per heavy atom. The van der Waals surface area contributed by atoms with Gasteiger partial charge in [0.2, 0.25) is 0 Å². The lowest BCUT2D eigenvalue weighted by atomic mass is 10.1. The minimum absolute atomic E-state index is 0.221. The maximum atomic E-state index is 14.1. The number of aromatic nitrogens is 2. The molecule has 4 rings (SSSR count). The SMILES string of the molecule is COc1ccc2nc(CN3CCc4cccc(F)c43)[nH]c(=O)c2c1. The summed E-state index contributed by atoms with van der Waals surface area (Å²) in [4.78, 5) is 21.5. The van der Waals surface area contributed by atoms with Crippen molar-refractivity contribution in [3.05, 3.63) is 64.0 Å². The number of nitrogens with zero attached hydrogens (tertiary/aromatic N) is 2. The van der Waals surface area contributed by atoms with Gasteiger partial charge in [-0.3, -0.25) is 4.79 Å². The molecule has 1 aromatic heterocycles. The molecule has 0 fully saturated rings. The maximum Gasteiger partial charge on any atom is 0.258 e. The van der Waals surface area contributed by atoms with E-state index < -0.39 is 0 Å². The summed E-state index contributed by atoms with van der Waals surface area (Å²) in [6, 6.07) is 10.3. The highest BCUT2D eigenvalue weighted by atomic mass is 19.1. The number of halogens is 1. The van der Waals surface area contributed by atoms with Crippen molar-refractivity contribution in [1.29, 1.82) is 0 Å². The van der Waals surface area contributed by atoms with E-state index in [-0.39, 0.29) is 11.4 Å². The first-order valence-electron chi connectivity index (χ1n) is 7.75. The van der Waals surface area contributed by atoms with Crippen molar-refractivity contribution in [2.24, 2.45) is 0 Å². The number of hydrogen-bond donors (Lipinski definition) is 1. The summed E-state index contributed by atoms with van der Waals surface area (Å²) in [5.41, 5.74) is 1.97. The van der Waals surface area contributed by atoms with Gasteiger partial charge >= 0.3 is 0 Å². The molecule has 0 atom stereocenters. The second-order valence-corrected chi connectivity index (χ2v) is 5.81. The summed E-state index contributed by atoms with van der Waals surface area (Å²) < 4.78 is 19.2. The lowest BCUT2D eigenvalue weighted by Crippen LogP contribution is -2.24. The topological polar surface area (TPSA) is 58.2 Å². The number of hydrogen-bond acceptors (Lipinski definition) is 4. The summed E-state index contributed by atoms with van der Waals surface area (Å²) >= 11 is 0. The van der Waals surface area contributed by atoms with Crippen molar-refractivity contribution in [3.63, 3.8) is 0 Å². The molecule has 0 aliphatic carbocycles. The van der Waals surface area contributed by atoms with Crippen LogP contribution >= 0.6 is 0 Å². The lowest BCUT2D eigenvalue weighted by molar-refractivity contribution is 0.415. The molecule has 0 radical (unpaired) electrons. The first-order valence-corrected chi connectivity index (χ1v) is 7.75. The Morgan fingerprint density at radius 1 is 1.33 bits per heavy atom. The van der Waals surface area contributed by atoms with Gasteiger partial charge in [-0.15, -0.1) is 0 Å². The third kappa shape index (κ3) is 2.40. The zero-order chi connectivity index (χ0) is 16.7. The van der Waals surface area contributed by atoms with Crippen LogP contribution in [0.2, 0.25) is 0 Å². The molecule has 1 aliphatic heterocycles. The molecule has 0 bridgehead atoms. The zero-order valence-corrected chi connectivity index (χ0v) is 13.2. The minimum Gasteiger partial charge on any atom is -0.497 e. The van der Waals surface area contributed by atoms with Crippen LogP contribution in [-0.2, 0) is 13.0 Å². The number of methoxy groups -OCH3 is 1. The zero-order valence-electron chi connectivity index (χ0n) is 13.2. The fourth-order valence-electron chi connectivity index (χ4n) is 3.19. The molecule has 0 unspecified atom stereocenters.